The molecule has 0 saturated carbocycles. The second kappa shape index (κ2) is 4.37. The highest BCUT2D eigenvalue weighted by Gasteiger charge is 1.74. The van der Waals surface area contributed by atoms with Crippen LogP contribution in [0.25, 0.3) is 0 Å². The standard InChI is InChI=1S/C4H6N2.C2H6.H2/c1-4-2-5-6-3-4;1-2;/h2-3H,1H3,(H,5,6);1-2H3;1H. The van der Waals surface area contributed by atoms with Gasteiger partial charge in [-0.1, -0.05) is 13.8 Å². The van der Waals surface area contributed by atoms with Gasteiger partial charge in [-0.05, 0) is 12.5 Å². The molecule has 1 aromatic heterocycles. The molecule has 0 saturated heterocycles. The molecule has 0 spiro atoms. The fraction of sp³-hybridized carbons (Fsp3) is 0.500. The highest BCUT2D eigenvalue weighted by Crippen LogP contribution is 1.84. The van der Waals surface area contributed by atoms with Gasteiger partial charge < -0.3 is 0 Å². The largest absolute Gasteiger partial charge is 0.285 e. The van der Waals surface area contributed by atoms with E-state index >= 15 is 0 Å². The molecular formula is C6H14N2. The van der Waals surface area contributed by atoms with Crippen LogP contribution in [0.15, 0.2) is 12.4 Å². The van der Waals surface area contributed by atoms with Gasteiger partial charge in [-0.25, -0.2) is 0 Å². The molecule has 0 amide bonds. The Balaban J connectivity index is 0. The smallest absolute Gasteiger partial charge is 0.0516 e. The Hall–Kier alpha value is -0.790. The van der Waals surface area contributed by atoms with Crippen molar-refractivity contribution in [2.24, 2.45) is 0 Å². The van der Waals surface area contributed by atoms with Gasteiger partial charge in [0.1, 0.15) is 0 Å². The van der Waals surface area contributed by atoms with Gasteiger partial charge in [0.15, 0.2) is 0 Å². The van der Waals surface area contributed by atoms with Crippen molar-refractivity contribution in [1.29, 1.82) is 0 Å². The summed E-state index contributed by atoms with van der Waals surface area (Å²) in [4.78, 5) is 0. The Morgan fingerprint density at radius 2 is 2.25 bits per heavy atom. The van der Waals surface area contributed by atoms with Gasteiger partial charge in [0.2, 0.25) is 0 Å². The Morgan fingerprint density at radius 3 is 2.38 bits per heavy atom. The highest BCUT2D eigenvalue weighted by atomic mass is 15.1. The summed E-state index contributed by atoms with van der Waals surface area (Å²) in [6.07, 6.45) is 3.62. The summed E-state index contributed by atoms with van der Waals surface area (Å²) in [7, 11) is 0. The molecule has 1 heterocycles. The number of hydrogen-bond donors (Lipinski definition) is 1. The highest BCUT2D eigenvalue weighted by molar-refractivity contribution is 4.96. The molecule has 0 fully saturated rings. The van der Waals surface area contributed by atoms with E-state index < -0.39 is 0 Å². The third-order valence-electron chi connectivity index (χ3n) is 0.635. The normalized spacial score (nSPS) is 7.38. The maximum absolute atomic E-state index is 3.70. The zero-order valence-corrected chi connectivity index (χ0v) is 5.60. The van der Waals surface area contributed by atoms with Crippen molar-refractivity contribution in [3.05, 3.63) is 18.0 Å². The molecular weight excluding hydrogens is 100 g/mol. The van der Waals surface area contributed by atoms with Crippen LogP contribution in [0.4, 0.5) is 0 Å². The van der Waals surface area contributed by atoms with Crippen molar-refractivity contribution in [3.63, 3.8) is 0 Å². The second-order valence-corrected chi connectivity index (χ2v) is 1.28. The van der Waals surface area contributed by atoms with E-state index in [1.807, 2.05) is 27.0 Å². The summed E-state index contributed by atoms with van der Waals surface area (Å²) in [6.45, 7) is 5.99. The van der Waals surface area contributed by atoms with E-state index in [1.54, 1.807) is 6.20 Å². The number of H-pyrrole nitrogens is 1. The number of rotatable bonds is 0. The van der Waals surface area contributed by atoms with Gasteiger partial charge in [0.05, 0.1) is 6.20 Å². The fourth-order valence-corrected chi connectivity index (χ4v) is 0.315. The summed E-state index contributed by atoms with van der Waals surface area (Å²) in [5, 5.41) is 6.38. The van der Waals surface area contributed by atoms with Gasteiger partial charge >= 0.3 is 0 Å². The van der Waals surface area contributed by atoms with Crippen LogP contribution in [0.3, 0.4) is 0 Å². The van der Waals surface area contributed by atoms with Crippen molar-refractivity contribution < 1.29 is 1.43 Å². The number of aromatic nitrogens is 2. The van der Waals surface area contributed by atoms with Gasteiger partial charge in [-0.3, -0.25) is 5.10 Å². The summed E-state index contributed by atoms with van der Waals surface area (Å²) in [5.41, 5.74) is 1.18. The van der Waals surface area contributed by atoms with Crippen LogP contribution in [0.5, 0.6) is 0 Å². The third kappa shape index (κ3) is 2.39. The number of nitrogens with one attached hydrogen (secondary N) is 1. The number of aryl methyl sites for hydroxylation is 1. The third-order valence-corrected chi connectivity index (χ3v) is 0.635. The second-order valence-electron chi connectivity index (χ2n) is 1.28. The summed E-state index contributed by atoms with van der Waals surface area (Å²) in [6, 6.07) is 0. The summed E-state index contributed by atoms with van der Waals surface area (Å²) >= 11 is 0. The van der Waals surface area contributed by atoms with E-state index in [9.17, 15) is 0 Å². The molecule has 0 atom stereocenters. The van der Waals surface area contributed by atoms with Crippen molar-refractivity contribution >= 4 is 0 Å². The average molecular weight is 114 g/mol. The SMILES string of the molecule is CC.Cc1cn[nH]c1.[HH]. The molecule has 0 bridgehead atoms. The van der Waals surface area contributed by atoms with Crippen LogP contribution in [0.1, 0.15) is 20.8 Å². The van der Waals surface area contributed by atoms with E-state index in [0.29, 0.717) is 0 Å². The minimum atomic E-state index is 0. The van der Waals surface area contributed by atoms with Crippen LogP contribution >= 0.6 is 0 Å². The number of aromatic amines is 1. The molecule has 48 valence electrons. The molecule has 0 radical (unpaired) electrons. The molecule has 1 rings (SSSR count). The van der Waals surface area contributed by atoms with Crippen LogP contribution < -0.4 is 0 Å². The van der Waals surface area contributed by atoms with Crippen LogP contribution in [-0.4, -0.2) is 10.2 Å². The predicted octanol–water partition coefficient (Wildman–Crippen LogP) is 1.99. The lowest BCUT2D eigenvalue weighted by atomic mass is 10.4. The molecule has 1 N–H and O–H groups in total. The van der Waals surface area contributed by atoms with Crippen molar-refractivity contribution in [1.82, 2.24) is 10.2 Å². The van der Waals surface area contributed by atoms with E-state index in [-0.39, 0.29) is 1.43 Å². The topological polar surface area (TPSA) is 28.7 Å². The Morgan fingerprint density at radius 1 is 1.62 bits per heavy atom. The quantitative estimate of drug-likeness (QED) is 0.549. The molecule has 0 unspecified atom stereocenters. The van der Waals surface area contributed by atoms with Crippen LogP contribution in [-0.2, 0) is 0 Å². The van der Waals surface area contributed by atoms with Crippen molar-refractivity contribution in [2.75, 3.05) is 0 Å². The lowest BCUT2D eigenvalue weighted by Gasteiger charge is -1.62. The van der Waals surface area contributed by atoms with Crippen molar-refractivity contribution in [3.8, 4) is 0 Å². The molecule has 0 aliphatic heterocycles. The molecule has 2 nitrogen and oxygen atoms in total. The van der Waals surface area contributed by atoms with E-state index in [0.717, 1.165) is 0 Å². The number of hydrogen-bond acceptors (Lipinski definition) is 1. The zero-order chi connectivity index (χ0) is 6.41. The molecule has 1 aromatic rings. The average Bonchev–Trinajstić information content (AvgIpc) is 2.24. The van der Waals surface area contributed by atoms with E-state index in [1.165, 1.54) is 5.56 Å². The molecule has 0 aliphatic carbocycles. The van der Waals surface area contributed by atoms with Gasteiger partial charge in [-0.2, -0.15) is 5.10 Å². The zero-order valence-electron chi connectivity index (χ0n) is 5.60. The first-order valence-electron chi connectivity index (χ1n) is 2.85. The summed E-state index contributed by atoms with van der Waals surface area (Å²) < 4.78 is 0. The van der Waals surface area contributed by atoms with Gasteiger partial charge in [0, 0.05) is 7.62 Å². The Kier molecular flexibility index (Phi) is 3.94. The van der Waals surface area contributed by atoms with E-state index in [2.05, 4.69) is 10.2 Å². The predicted molar refractivity (Wildman–Crippen MR) is 36.8 cm³/mol. The molecule has 2 heteroatoms. The number of nitrogens with zero attached hydrogens (tertiary/aromatic N) is 1. The molecule has 0 aliphatic rings. The lowest BCUT2D eigenvalue weighted by molar-refractivity contribution is 1.09. The maximum Gasteiger partial charge on any atom is 0.0516 e. The first-order valence-corrected chi connectivity index (χ1v) is 2.85. The van der Waals surface area contributed by atoms with Crippen molar-refractivity contribution in [2.45, 2.75) is 20.8 Å². The molecule has 8 heavy (non-hydrogen) atoms. The maximum atomic E-state index is 3.70. The lowest BCUT2D eigenvalue weighted by Crippen LogP contribution is -1.53. The Labute approximate surface area is 51.4 Å². The van der Waals surface area contributed by atoms with Crippen LogP contribution in [0, 0.1) is 6.92 Å². The summed E-state index contributed by atoms with van der Waals surface area (Å²) in [5.74, 6) is 0. The van der Waals surface area contributed by atoms with Gasteiger partial charge in [-0.15, -0.1) is 0 Å². The van der Waals surface area contributed by atoms with E-state index in [4.69, 9.17) is 0 Å². The van der Waals surface area contributed by atoms with Crippen LogP contribution in [0.2, 0.25) is 0 Å². The fourth-order valence-electron chi connectivity index (χ4n) is 0.315. The minimum Gasteiger partial charge on any atom is -0.285 e. The minimum absolute atomic E-state index is 0. The monoisotopic (exact) mass is 114 g/mol. The first-order chi connectivity index (χ1) is 3.89. The first kappa shape index (κ1) is 7.21. The Bertz CT molecular complexity index is 115. The van der Waals surface area contributed by atoms with Gasteiger partial charge in [0.25, 0.3) is 0 Å². The molecule has 0 aromatic carbocycles.